The quantitative estimate of drug-likeness (QED) is 0.707. The van der Waals surface area contributed by atoms with Crippen LogP contribution in [0.2, 0.25) is 0 Å². The number of phenolic OH excluding ortho intramolecular Hbond substituents is 1. The summed E-state index contributed by atoms with van der Waals surface area (Å²) in [5.74, 6) is -0.534. The summed E-state index contributed by atoms with van der Waals surface area (Å²) in [7, 11) is 0. The van der Waals surface area contributed by atoms with Gasteiger partial charge in [-0.25, -0.2) is 9.37 Å². The predicted octanol–water partition coefficient (Wildman–Crippen LogP) is 3.81. The third-order valence-corrected chi connectivity index (χ3v) is 3.55. The van der Waals surface area contributed by atoms with Crippen LogP contribution in [0.3, 0.4) is 0 Å². The van der Waals surface area contributed by atoms with Crippen molar-refractivity contribution < 1.29 is 9.50 Å². The average Bonchev–Trinajstić information content (AvgIpc) is 2.71. The van der Waals surface area contributed by atoms with Crippen LogP contribution in [-0.4, -0.2) is 10.1 Å². The van der Waals surface area contributed by atoms with Crippen molar-refractivity contribution in [2.75, 3.05) is 0 Å². The van der Waals surface area contributed by atoms with E-state index in [0.29, 0.717) is 5.01 Å². The van der Waals surface area contributed by atoms with Gasteiger partial charge in [-0.05, 0) is 24.3 Å². The molecule has 1 N–H and O–H groups in total. The molecule has 0 amide bonds. The molecule has 0 radical (unpaired) electrons. The number of hydrogen-bond donors (Lipinski definition) is 1. The maximum Gasteiger partial charge on any atom is 0.137 e. The van der Waals surface area contributed by atoms with Gasteiger partial charge in [0.2, 0.25) is 0 Å². The summed E-state index contributed by atoms with van der Waals surface area (Å²) in [6.45, 7) is 0. The van der Waals surface area contributed by atoms with Crippen molar-refractivity contribution in [2.24, 2.45) is 0 Å². The lowest BCUT2D eigenvalue weighted by Gasteiger charge is -2.01. The van der Waals surface area contributed by atoms with Gasteiger partial charge in [0.15, 0.2) is 0 Å². The van der Waals surface area contributed by atoms with E-state index in [9.17, 15) is 9.50 Å². The van der Waals surface area contributed by atoms with Gasteiger partial charge in [-0.2, -0.15) is 0 Å². The topological polar surface area (TPSA) is 33.1 Å². The number of benzene rings is 2. The largest absolute Gasteiger partial charge is 0.507 e. The number of aromatic nitrogens is 1. The SMILES string of the molecule is Oc1cccc(F)c1-c1nc2ccccc2s1. The Morgan fingerprint density at radius 2 is 1.88 bits per heavy atom. The van der Waals surface area contributed by atoms with Crippen molar-refractivity contribution in [1.82, 2.24) is 4.98 Å². The lowest BCUT2D eigenvalue weighted by atomic mass is 10.2. The lowest BCUT2D eigenvalue weighted by Crippen LogP contribution is -1.83. The molecule has 1 heterocycles. The summed E-state index contributed by atoms with van der Waals surface area (Å²) in [5.41, 5.74) is 0.990. The molecule has 2 aromatic carbocycles. The number of para-hydroxylation sites is 1. The molecular formula is C13H8FNOS. The second kappa shape index (κ2) is 3.82. The predicted molar refractivity (Wildman–Crippen MR) is 66.7 cm³/mol. The Hall–Kier alpha value is -1.94. The fourth-order valence-electron chi connectivity index (χ4n) is 1.70. The van der Waals surface area contributed by atoms with E-state index in [1.54, 1.807) is 0 Å². The van der Waals surface area contributed by atoms with Crippen LogP contribution in [0.15, 0.2) is 42.5 Å². The molecule has 0 fully saturated rings. The normalized spacial score (nSPS) is 10.9. The minimum Gasteiger partial charge on any atom is -0.507 e. The molecule has 0 saturated carbocycles. The molecule has 3 aromatic rings. The second-order valence-electron chi connectivity index (χ2n) is 3.62. The summed E-state index contributed by atoms with van der Waals surface area (Å²) in [4.78, 5) is 4.32. The van der Waals surface area contributed by atoms with Gasteiger partial charge in [-0.3, -0.25) is 0 Å². The van der Waals surface area contributed by atoms with Crippen LogP contribution in [0, 0.1) is 5.82 Å². The third kappa shape index (κ3) is 1.66. The minimum atomic E-state index is -0.455. The van der Waals surface area contributed by atoms with Gasteiger partial charge >= 0.3 is 0 Å². The Morgan fingerprint density at radius 1 is 1.06 bits per heavy atom. The average molecular weight is 245 g/mol. The minimum absolute atomic E-state index is 0.0796. The van der Waals surface area contributed by atoms with Gasteiger partial charge in [0.25, 0.3) is 0 Å². The molecule has 0 aliphatic heterocycles. The standard InChI is InChI=1S/C13H8FNOS/c14-8-4-3-6-10(16)12(8)13-15-9-5-1-2-7-11(9)17-13/h1-7,16H. The summed E-state index contributed by atoms with van der Waals surface area (Å²) in [6, 6.07) is 11.8. The maximum absolute atomic E-state index is 13.7. The number of halogens is 1. The number of fused-ring (bicyclic) bond motifs is 1. The first-order valence-corrected chi connectivity index (χ1v) is 5.91. The van der Waals surface area contributed by atoms with E-state index in [4.69, 9.17) is 0 Å². The number of hydrogen-bond acceptors (Lipinski definition) is 3. The highest BCUT2D eigenvalue weighted by Gasteiger charge is 2.14. The first-order chi connectivity index (χ1) is 8.25. The van der Waals surface area contributed by atoms with Crippen molar-refractivity contribution in [3.05, 3.63) is 48.3 Å². The van der Waals surface area contributed by atoms with Crippen LogP contribution in [-0.2, 0) is 0 Å². The van der Waals surface area contributed by atoms with E-state index in [1.165, 1.54) is 29.5 Å². The highest BCUT2D eigenvalue weighted by atomic mass is 32.1. The Labute approximate surface area is 101 Å². The molecule has 4 heteroatoms. The molecule has 84 valence electrons. The van der Waals surface area contributed by atoms with Crippen molar-refractivity contribution in [3.63, 3.8) is 0 Å². The molecule has 0 spiro atoms. The fourth-order valence-corrected chi connectivity index (χ4v) is 2.72. The van der Waals surface area contributed by atoms with Crippen LogP contribution in [0.5, 0.6) is 5.75 Å². The van der Waals surface area contributed by atoms with E-state index in [1.807, 2.05) is 24.3 Å². The van der Waals surface area contributed by atoms with Gasteiger partial charge in [-0.15, -0.1) is 11.3 Å². The van der Waals surface area contributed by atoms with E-state index < -0.39 is 5.82 Å². The summed E-state index contributed by atoms with van der Waals surface area (Å²) in [6.07, 6.45) is 0. The van der Waals surface area contributed by atoms with Crippen LogP contribution in [0.25, 0.3) is 20.8 Å². The van der Waals surface area contributed by atoms with Gasteiger partial charge in [0.1, 0.15) is 16.6 Å². The highest BCUT2D eigenvalue weighted by molar-refractivity contribution is 7.21. The molecule has 0 saturated heterocycles. The first kappa shape index (κ1) is 10.2. The Bertz CT molecular complexity index is 639. The van der Waals surface area contributed by atoms with Crippen LogP contribution in [0.1, 0.15) is 0 Å². The molecule has 0 bridgehead atoms. The number of phenols is 1. The number of aromatic hydroxyl groups is 1. The van der Waals surface area contributed by atoms with E-state index in [0.717, 1.165) is 10.2 Å². The monoisotopic (exact) mass is 245 g/mol. The second-order valence-corrected chi connectivity index (χ2v) is 4.65. The third-order valence-electron chi connectivity index (χ3n) is 2.50. The Kier molecular flexibility index (Phi) is 2.30. The zero-order valence-corrected chi connectivity index (χ0v) is 9.54. The first-order valence-electron chi connectivity index (χ1n) is 5.09. The molecule has 0 aliphatic rings. The molecule has 0 unspecified atom stereocenters. The van der Waals surface area contributed by atoms with Crippen LogP contribution >= 0.6 is 11.3 Å². The number of nitrogens with zero attached hydrogens (tertiary/aromatic N) is 1. The smallest absolute Gasteiger partial charge is 0.137 e. The van der Waals surface area contributed by atoms with Crippen LogP contribution in [0.4, 0.5) is 4.39 Å². The highest BCUT2D eigenvalue weighted by Crippen LogP contribution is 2.36. The zero-order valence-electron chi connectivity index (χ0n) is 8.72. The van der Waals surface area contributed by atoms with Crippen molar-refractivity contribution in [3.8, 4) is 16.3 Å². The summed E-state index contributed by atoms with van der Waals surface area (Å²) >= 11 is 1.37. The number of rotatable bonds is 1. The molecule has 0 atom stereocenters. The maximum atomic E-state index is 13.7. The van der Waals surface area contributed by atoms with Crippen molar-refractivity contribution in [2.45, 2.75) is 0 Å². The van der Waals surface area contributed by atoms with E-state index >= 15 is 0 Å². The summed E-state index contributed by atoms with van der Waals surface area (Å²) < 4.78 is 14.6. The van der Waals surface area contributed by atoms with E-state index in [-0.39, 0.29) is 11.3 Å². The number of thiazole rings is 1. The Morgan fingerprint density at radius 3 is 2.65 bits per heavy atom. The molecule has 0 aliphatic carbocycles. The summed E-state index contributed by atoms with van der Waals surface area (Å²) in [5, 5.41) is 10.2. The molecule has 2 nitrogen and oxygen atoms in total. The van der Waals surface area contributed by atoms with Gasteiger partial charge in [-0.1, -0.05) is 18.2 Å². The van der Waals surface area contributed by atoms with Gasteiger partial charge in [0, 0.05) is 0 Å². The molecule has 1 aromatic heterocycles. The lowest BCUT2D eigenvalue weighted by molar-refractivity contribution is 0.472. The fraction of sp³-hybridized carbons (Fsp3) is 0. The van der Waals surface area contributed by atoms with Crippen LogP contribution < -0.4 is 0 Å². The molecule has 17 heavy (non-hydrogen) atoms. The van der Waals surface area contributed by atoms with Gasteiger partial charge < -0.3 is 5.11 Å². The van der Waals surface area contributed by atoms with Gasteiger partial charge in [0.05, 0.1) is 15.8 Å². The molecular weight excluding hydrogens is 237 g/mol. The zero-order chi connectivity index (χ0) is 11.8. The van der Waals surface area contributed by atoms with E-state index in [2.05, 4.69) is 4.98 Å². The van der Waals surface area contributed by atoms with Crippen molar-refractivity contribution >= 4 is 21.6 Å². The van der Waals surface area contributed by atoms with Crippen molar-refractivity contribution in [1.29, 1.82) is 0 Å². The Balaban J connectivity index is 2.27. The molecule has 3 rings (SSSR count).